The summed E-state index contributed by atoms with van der Waals surface area (Å²) in [7, 11) is 3.36. The lowest BCUT2D eigenvalue weighted by molar-refractivity contribution is -0.157. The van der Waals surface area contributed by atoms with Crippen LogP contribution in [0.2, 0.25) is 0 Å². The largest absolute Gasteiger partial charge is 0.325 e. The van der Waals surface area contributed by atoms with E-state index < -0.39 is 5.54 Å². The summed E-state index contributed by atoms with van der Waals surface area (Å²) in [6.07, 6.45) is 3.15. The van der Waals surface area contributed by atoms with Crippen molar-refractivity contribution < 1.29 is 9.59 Å². The van der Waals surface area contributed by atoms with Gasteiger partial charge in [-0.25, -0.2) is 0 Å². The third-order valence-corrected chi connectivity index (χ3v) is 5.81. The maximum atomic E-state index is 13.4. The molecule has 1 heterocycles. The standard InChI is InChI=1S/C24H25N3O2/c1-4-24(16-18-10-6-5-7-11-18)23(29)26(2)21(22(28)27(24)3)15-14-19-12-8-9-13-20(19)17-25/h5-13,15H,4,14,16H2,1-3H3. The molecule has 1 aliphatic heterocycles. The van der Waals surface area contributed by atoms with Crippen LogP contribution in [0, 0.1) is 11.3 Å². The van der Waals surface area contributed by atoms with E-state index in [0.29, 0.717) is 30.5 Å². The van der Waals surface area contributed by atoms with Crippen molar-refractivity contribution in [2.45, 2.75) is 31.7 Å². The minimum atomic E-state index is -0.908. The van der Waals surface area contributed by atoms with Crippen molar-refractivity contribution in [2.24, 2.45) is 0 Å². The number of allylic oxidation sites excluding steroid dienone is 1. The highest BCUT2D eigenvalue weighted by Crippen LogP contribution is 2.33. The van der Waals surface area contributed by atoms with Gasteiger partial charge in [-0.15, -0.1) is 0 Å². The molecule has 1 fully saturated rings. The maximum Gasteiger partial charge on any atom is 0.270 e. The van der Waals surface area contributed by atoms with Gasteiger partial charge in [-0.3, -0.25) is 9.59 Å². The van der Waals surface area contributed by atoms with Gasteiger partial charge in [0.25, 0.3) is 11.8 Å². The molecule has 5 nitrogen and oxygen atoms in total. The molecule has 1 atom stereocenters. The number of piperazine rings is 1. The summed E-state index contributed by atoms with van der Waals surface area (Å²) in [5.74, 6) is -0.273. The van der Waals surface area contributed by atoms with Crippen LogP contribution in [-0.4, -0.2) is 41.2 Å². The predicted molar refractivity (Wildman–Crippen MR) is 112 cm³/mol. The molecule has 2 aromatic rings. The summed E-state index contributed by atoms with van der Waals surface area (Å²) < 4.78 is 0. The van der Waals surface area contributed by atoms with E-state index in [1.165, 1.54) is 4.90 Å². The summed E-state index contributed by atoms with van der Waals surface area (Å²) in [6, 6.07) is 19.2. The van der Waals surface area contributed by atoms with Gasteiger partial charge in [-0.2, -0.15) is 5.26 Å². The van der Waals surface area contributed by atoms with E-state index >= 15 is 0 Å². The summed E-state index contributed by atoms with van der Waals surface area (Å²) in [6.45, 7) is 1.94. The Morgan fingerprint density at radius 2 is 1.69 bits per heavy atom. The molecule has 5 heteroatoms. The van der Waals surface area contributed by atoms with E-state index in [1.807, 2.05) is 55.5 Å². The van der Waals surface area contributed by atoms with Gasteiger partial charge in [-0.1, -0.05) is 61.5 Å². The molecule has 0 spiro atoms. The fourth-order valence-corrected chi connectivity index (χ4v) is 3.95. The Morgan fingerprint density at radius 1 is 1.03 bits per heavy atom. The smallest absolute Gasteiger partial charge is 0.270 e. The SMILES string of the molecule is CCC1(Cc2ccccc2)C(=O)N(C)C(=CCc2ccccc2C#N)C(=O)N1C. The fraction of sp³-hybridized carbons (Fsp3) is 0.292. The summed E-state index contributed by atoms with van der Waals surface area (Å²) in [5.41, 5.74) is 1.86. The Morgan fingerprint density at radius 3 is 2.34 bits per heavy atom. The number of hydrogen-bond acceptors (Lipinski definition) is 3. The first-order chi connectivity index (χ1) is 13.9. The molecule has 2 aromatic carbocycles. The lowest BCUT2D eigenvalue weighted by Crippen LogP contribution is -2.65. The van der Waals surface area contributed by atoms with Crippen molar-refractivity contribution in [2.75, 3.05) is 14.1 Å². The molecule has 1 saturated heterocycles. The van der Waals surface area contributed by atoms with E-state index in [-0.39, 0.29) is 11.8 Å². The van der Waals surface area contributed by atoms with Crippen LogP contribution in [0.3, 0.4) is 0 Å². The lowest BCUT2D eigenvalue weighted by atomic mass is 9.83. The number of likely N-dealkylation sites (N-methyl/N-ethyl adjacent to an activating group) is 2. The zero-order valence-electron chi connectivity index (χ0n) is 17.1. The van der Waals surface area contributed by atoms with Crippen LogP contribution < -0.4 is 0 Å². The minimum absolute atomic E-state index is 0.0919. The van der Waals surface area contributed by atoms with Gasteiger partial charge in [0.1, 0.15) is 11.2 Å². The summed E-state index contributed by atoms with van der Waals surface area (Å²) in [5, 5.41) is 9.27. The number of rotatable bonds is 5. The lowest BCUT2D eigenvalue weighted by Gasteiger charge is -2.47. The van der Waals surface area contributed by atoms with Crippen molar-refractivity contribution >= 4 is 11.8 Å². The number of hydrogen-bond donors (Lipinski definition) is 0. The number of carbonyl (C=O) groups excluding carboxylic acids is 2. The first-order valence-electron chi connectivity index (χ1n) is 9.73. The number of nitrogens with zero attached hydrogens (tertiary/aromatic N) is 3. The predicted octanol–water partition coefficient (Wildman–Crippen LogP) is 3.31. The molecule has 0 saturated carbocycles. The molecule has 0 N–H and O–H groups in total. The van der Waals surface area contributed by atoms with Crippen LogP contribution in [0.15, 0.2) is 66.4 Å². The molecule has 0 aromatic heterocycles. The monoisotopic (exact) mass is 387 g/mol. The van der Waals surface area contributed by atoms with Crippen molar-refractivity contribution in [3.05, 3.63) is 83.1 Å². The van der Waals surface area contributed by atoms with Crippen LogP contribution in [0.1, 0.15) is 30.0 Å². The average Bonchev–Trinajstić information content (AvgIpc) is 2.76. The average molecular weight is 387 g/mol. The van der Waals surface area contributed by atoms with Gasteiger partial charge < -0.3 is 9.80 Å². The molecule has 3 rings (SSSR count). The topological polar surface area (TPSA) is 64.4 Å². The van der Waals surface area contributed by atoms with Crippen molar-refractivity contribution in [1.82, 2.24) is 9.80 Å². The zero-order chi connectivity index (χ0) is 21.0. The molecular formula is C24H25N3O2. The summed E-state index contributed by atoms with van der Waals surface area (Å²) in [4.78, 5) is 29.7. The fourth-order valence-electron chi connectivity index (χ4n) is 3.95. The Labute approximate surface area is 171 Å². The normalized spacial score (nSPS) is 20.8. The van der Waals surface area contributed by atoms with Gasteiger partial charge in [0.15, 0.2) is 0 Å². The highest BCUT2D eigenvalue weighted by molar-refractivity contribution is 6.06. The van der Waals surface area contributed by atoms with Crippen LogP contribution in [0.5, 0.6) is 0 Å². The molecule has 29 heavy (non-hydrogen) atoms. The Kier molecular flexibility index (Phi) is 5.84. The van der Waals surface area contributed by atoms with Gasteiger partial charge in [-0.05, 0) is 30.0 Å². The van der Waals surface area contributed by atoms with Gasteiger partial charge in [0.2, 0.25) is 0 Å². The van der Waals surface area contributed by atoms with Crippen molar-refractivity contribution in [3.8, 4) is 6.07 Å². The minimum Gasteiger partial charge on any atom is -0.325 e. The van der Waals surface area contributed by atoms with Crippen molar-refractivity contribution in [3.63, 3.8) is 0 Å². The molecule has 0 aliphatic carbocycles. The van der Waals surface area contributed by atoms with Gasteiger partial charge in [0.05, 0.1) is 11.6 Å². The molecular weight excluding hydrogens is 362 g/mol. The number of amides is 2. The van der Waals surface area contributed by atoms with E-state index in [0.717, 1.165) is 11.1 Å². The van der Waals surface area contributed by atoms with E-state index in [9.17, 15) is 14.9 Å². The quantitative estimate of drug-likeness (QED) is 0.740. The molecule has 1 aliphatic rings. The van der Waals surface area contributed by atoms with Gasteiger partial charge >= 0.3 is 0 Å². The zero-order valence-corrected chi connectivity index (χ0v) is 17.1. The number of benzene rings is 2. The highest BCUT2D eigenvalue weighted by Gasteiger charge is 2.50. The second-order valence-corrected chi connectivity index (χ2v) is 7.34. The Hall–Kier alpha value is -3.39. The second-order valence-electron chi connectivity index (χ2n) is 7.34. The third-order valence-electron chi connectivity index (χ3n) is 5.81. The van der Waals surface area contributed by atoms with Crippen LogP contribution in [-0.2, 0) is 22.4 Å². The van der Waals surface area contributed by atoms with Crippen LogP contribution in [0.25, 0.3) is 0 Å². The molecule has 1 unspecified atom stereocenters. The van der Waals surface area contributed by atoms with Crippen molar-refractivity contribution in [1.29, 1.82) is 5.26 Å². The molecule has 0 bridgehead atoms. The number of carbonyl (C=O) groups is 2. The van der Waals surface area contributed by atoms with E-state index in [4.69, 9.17) is 0 Å². The highest BCUT2D eigenvalue weighted by atomic mass is 16.2. The van der Waals surface area contributed by atoms with Crippen LogP contribution in [0.4, 0.5) is 0 Å². The third kappa shape index (κ3) is 3.66. The van der Waals surface area contributed by atoms with E-state index in [2.05, 4.69) is 6.07 Å². The Bertz CT molecular complexity index is 991. The number of nitriles is 1. The molecule has 0 radical (unpaired) electrons. The molecule has 2 amide bonds. The second kappa shape index (κ2) is 8.32. The molecule has 148 valence electrons. The Balaban J connectivity index is 1.93. The first kappa shape index (κ1) is 20.3. The maximum absolute atomic E-state index is 13.4. The first-order valence-corrected chi connectivity index (χ1v) is 9.73. The van der Waals surface area contributed by atoms with Crippen LogP contribution >= 0.6 is 0 Å². The summed E-state index contributed by atoms with van der Waals surface area (Å²) >= 11 is 0. The van der Waals surface area contributed by atoms with Gasteiger partial charge in [0, 0.05) is 20.5 Å². The van der Waals surface area contributed by atoms with E-state index in [1.54, 1.807) is 31.1 Å².